The van der Waals surface area contributed by atoms with Crippen LogP contribution in [0, 0.1) is 13.8 Å². The zero-order chi connectivity index (χ0) is 22.4. The van der Waals surface area contributed by atoms with Crippen LogP contribution in [0.5, 0.6) is 5.75 Å². The summed E-state index contributed by atoms with van der Waals surface area (Å²) in [6.45, 7) is 5.53. The van der Waals surface area contributed by atoms with Crippen molar-refractivity contribution in [3.05, 3.63) is 82.7 Å². The van der Waals surface area contributed by atoms with Gasteiger partial charge in [-0.3, -0.25) is 4.79 Å². The van der Waals surface area contributed by atoms with Crippen molar-refractivity contribution in [1.29, 1.82) is 0 Å². The van der Waals surface area contributed by atoms with Crippen LogP contribution in [0.25, 0.3) is 0 Å². The van der Waals surface area contributed by atoms with Crippen molar-refractivity contribution in [2.24, 2.45) is 0 Å². The summed E-state index contributed by atoms with van der Waals surface area (Å²) in [6.07, 6.45) is 0. The Hall–Kier alpha value is -3.61. The number of hydrogen-bond donors (Lipinski definition) is 0. The van der Waals surface area contributed by atoms with Crippen molar-refractivity contribution in [2.45, 2.75) is 33.4 Å². The lowest BCUT2D eigenvalue weighted by molar-refractivity contribution is -0.135. The summed E-state index contributed by atoms with van der Waals surface area (Å²) in [5, 5.41) is 3.90. The third-order valence-electron chi connectivity index (χ3n) is 5.22. The maximum absolute atomic E-state index is 12.5. The molecular weight excluding hydrogens is 396 g/mol. The molecule has 3 rings (SSSR count). The molecule has 31 heavy (non-hydrogen) atoms. The van der Waals surface area contributed by atoms with Crippen LogP contribution in [0.1, 0.15) is 45.9 Å². The van der Waals surface area contributed by atoms with Crippen LogP contribution in [0.2, 0.25) is 0 Å². The number of ether oxygens (including phenoxy) is 2. The van der Waals surface area contributed by atoms with Gasteiger partial charge in [-0.25, -0.2) is 4.79 Å². The quantitative estimate of drug-likeness (QED) is 0.505. The molecule has 1 unspecified atom stereocenters. The average molecular weight is 422 g/mol. The Labute approximate surface area is 181 Å². The summed E-state index contributed by atoms with van der Waals surface area (Å²) in [7, 11) is 1.69. The van der Waals surface area contributed by atoms with Crippen molar-refractivity contribution in [3.8, 4) is 5.75 Å². The van der Waals surface area contributed by atoms with Gasteiger partial charge in [0.2, 0.25) is 0 Å². The van der Waals surface area contributed by atoms with Gasteiger partial charge in [-0.15, -0.1) is 0 Å². The molecule has 0 fully saturated rings. The predicted octanol–water partition coefficient (Wildman–Crippen LogP) is 4.25. The maximum atomic E-state index is 12.5. The Morgan fingerprint density at radius 3 is 2.52 bits per heavy atom. The second-order valence-corrected chi connectivity index (χ2v) is 7.29. The third kappa shape index (κ3) is 5.51. The highest BCUT2D eigenvalue weighted by Gasteiger charge is 2.19. The molecule has 1 atom stereocenters. The van der Waals surface area contributed by atoms with Gasteiger partial charge in [-0.05, 0) is 44.5 Å². The number of aromatic nitrogens is 1. The topological polar surface area (TPSA) is 81.9 Å². The van der Waals surface area contributed by atoms with Gasteiger partial charge in [0, 0.05) is 7.05 Å². The zero-order valence-corrected chi connectivity index (χ0v) is 18.1. The van der Waals surface area contributed by atoms with Crippen LogP contribution in [0.3, 0.4) is 0 Å². The van der Waals surface area contributed by atoms with Gasteiger partial charge in [0.15, 0.2) is 6.61 Å². The molecule has 162 valence electrons. The predicted molar refractivity (Wildman–Crippen MR) is 115 cm³/mol. The summed E-state index contributed by atoms with van der Waals surface area (Å²) < 4.78 is 16.1. The van der Waals surface area contributed by atoms with E-state index in [0.29, 0.717) is 17.1 Å². The number of hydrogen-bond acceptors (Lipinski definition) is 6. The Bertz CT molecular complexity index is 1030. The second-order valence-electron chi connectivity index (χ2n) is 7.29. The van der Waals surface area contributed by atoms with E-state index in [1.165, 1.54) is 0 Å². The van der Waals surface area contributed by atoms with Crippen molar-refractivity contribution < 1.29 is 23.6 Å². The average Bonchev–Trinajstić information content (AvgIpc) is 3.12. The summed E-state index contributed by atoms with van der Waals surface area (Å²) in [5.41, 5.74) is 2.95. The summed E-state index contributed by atoms with van der Waals surface area (Å²) in [5.74, 6) is 0.337. The largest absolute Gasteiger partial charge is 0.489 e. The number of rotatable bonds is 8. The van der Waals surface area contributed by atoms with Gasteiger partial charge in [0.25, 0.3) is 5.91 Å². The Morgan fingerprint density at radius 1 is 1.10 bits per heavy atom. The van der Waals surface area contributed by atoms with Gasteiger partial charge in [-0.2, -0.15) is 0 Å². The van der Waals surface area contributed by atoms with E-state index in [4.69, 9.17) is 14.0 Å². The Balaban J connectivity index is 1.55. The Kier molecular flexibility index (Phi) is 7.07. The van der Waals surface area contributed by atoms with Crippen LogP contribution in [-0.2, 0) is 16.1 Å². The van der Waals surface area contributed by atoms with Gasteiger partial charge < -0.3 is 18.9 Å². The van der Waals surface area contributed by atoms with E-state index in [-0.39, 0.29) is 25.2 Å². The first-order chi connectivity index (χ1) is 14.9. The number of nitrogens with zero attached hydrogens (tertiary/aromatic N) is 2. The molecule has 0 saturated heterocycles. The number of likely N-dealkylation sites (N-methyl/N-ethyl adjacent to an activating group) is 1. The number of carbonyl (C=O) groups excluding carboxylic acids is 2. The smallest absolute Gasteiger partial charge is 0.338 e. The first-order valence-electron chi connectivity index (χ1n) is 9.99. The molecule has 0 spiro atoms. The van der Waals surface area contributed by atoms with Crippen LogP contribution in [0.15, 0.2) is 59.1 Å². The molecule has 0 aliphatic heterocycles. The van der Waals surface area contributed by atoms with Gasteiger partial charge >= 0.3 is 5.97 Å². The van der Waals surface area contributed by atoms with Gasteiger partial charge in [0.05, 0.1) is 22.9 Å². The lowest BCUT2D eigenvalue weighted by Crippen LogP contribution is -2.33. The van der Waals surface area contributed by atoms with E-state index in [0.717, 1.165) is 16.8 Å². The van der Waals surface area contributed by atoms with Gasteiger partial charge in [-0.1, -0.05) is 41.6 Å². The third-order valence-corrected chi connectivity index (χ3v) is 5.22. The number of aryl methyl sites for hydroxylation is 2. The Morgan fingerprint density at radius 2 is 1.84 bits per heavy atom. The fraction of sp³-hybridized carbons (Fsp3) is 0.292. The first kappa shape index (κ1) is 22.1. The zero-order valence-electron chi connectivity index (χ0n) is 18.1. The minimum Gasteiger partial charge on any atom is -0.489 e. The molecule has 3 aromatic rings. The number of esters is 1. The van der Waals surface area contributed by atoms with Crippen molar-refractivity contribution >= 4 is 11.9 Å². The lowest BCUT2D eigenvalue weighted by atomic mass is 10.1. The highest BCUT2D eigenvalue weighted by atomic mass is 16.5. The molecule has 7 heteroatoms. The molecule has 2 aromatic carbocycles. The van der Waals surface area contributed by atoms with Crippen molar-refractivity contribution in [3.63, 3.8) is 0 Å². The highest BCUT2D eigenvalue weighted by molar-refractivity contribution is 5.91. The molecule has 0 aliphatic carbocycles. The second kappa shape index (κ2) is 9.93. The summed E-state index contributed by atoms with van der Waals surface area (Å²) >= 11 is 0. The SMILES string of the molecule is Cc1noc(C)c1COc1cccc(C(=O)OCC(=O)N(C)C(C)c2ccccc2)c1. The van der Waals surface area contributed by atoms with E-state index < -0.39 is 5.97 Å². The van der Waals surface area contributed by atoms with E-state index in [9.17, 15) is 9.59 Å². The molecule has 0 saturated carbocycles. The van der Waals surface area contributed by atoms with Crippen LogP contribution in [-0.4, -0.2) is 35.6 Å². The molecule has 0 aliphatic rings. The summed E-state index contributed by atoms with van der Waals surface area (Å²) in [6, 6.07) is 16.2. The highest BCUT2D eigenvalue weighted by Crippen LogP contribution is 2.20. The molecule has 1 heterocycles. The van der Waals surface area contributed by atoms with Crippen molar-refractivity contribution in [2.75, 3.05) is 13.7 Å². The molecule has 1 aromatic heterocycles. The minimum absolute atomic E-state index is 0.131. The van der Waals surface area contributed by atoms with Crippen molar-refractivity contribution in [1.82, 2.24) is 10.1 Å². The molecular formula is C24H26N2O5. The number of carbonyl (C=O) groups is 2. The van der Waals surface area contributed by atoms with Crippen LogP contribution < -0.4 is 4.74 Å². The molecule has 1 amide bonds. The monoisotopic (exact) mass is 422 g/mol. The fourth-order valence-electron chi connectivity index (χ4n) is 3.06. The van der Waals surface area contributed by atoms with E-state index in [1.54, 1.807) is 36.2 Å². The number of amides is 1. The lowest BCUT2D eigenvalue weighted by Gasteiger charge is -2.25. The minimum atomic E-state index is -0.586. The van der Waals surface area contributed by atoms with Crippen LogP contribution in [0.4, 0.5) is 0 Å². The van der Waals surface area contributed by atoms with Crippen LogP contribution >= 0.6 is 0 Å². The fourth-order valence-corrected chi connectivity index (χ4v) is 3.06. The standard InChI is InChI=1S/C24H26N2O5/c1-16-22(18(3)31-25-16)14-29-21-12-8-11-20(13-21)24(28)30-15-23(27)26(4)17(2)19-9-6-5-7-10-19/h5-13,17H,14-15H2,1-4H3. The van der Waals surface area contributed by atoms with E-state index in [2.05, 4.69) is 5.16 Å². The molecule has 0 radical (unpaired) electrons. The normalized spacial score (nSPS) is 11.6. The molecule has 7 nitrogen and oxygen atoms in total. The first-order valence-corrected chi connectivity index (χ1v) is 9.99. The molecule has 0 bridgehead atoms. The summed E-state index contributed by atoms with van der Waals surface area (Å²) in [4.78, 5) is 26.5. The maximum Gasteiger partial charge on any atom is 0.338 e. The van der Waals surface area contributed by atoms with Gasteiger partial charge in [0.1, 0.15) is 18.1 Å². The molecule has 0 N–H and O–H groups in total. The van der Waals surface area contributed by atoms with E-state index >= 15 is 0 Å². The van der Waals surface area contributed by atoms with E-state index in [1.807, 2.05) is 51.1 Å². The number of benzene rings is 2.